The SMILES string of the molecule is CCCCCNc1nc(C)cc(Nc2ccc(OC)cc2OC)n1. The summed E-state index contributed by atoms with van der Waals surface area (Å²) in [4.78, 5) is 8.95. The van der Waals surface area contributed by atoms with Crippen LogP contribution in [0.4, 0.5) is 17.5 Å². The van der Waals surface area contributed by atoms with Crippen LogP contribution in [0, 0.1) is 6.92 Å². The molecule has 24 heavy (non-hydrogen) atoms. The van der Waals surface area contributed by atoms with E-state index < -0.39 is 0 Å². The molecule has 0 fully saturated rings. The van der Waals surface area contributed by atoms with Crippen molar-refractivity contribution < 1.29 is 9.47 Å². The number of benzene rings is 1. The van der Waals surface area contributed by atoms with Crippen molar-refractivity contribution in [3.8, 4) is 11.5 Å². The lowest BCUT2D eigenvalue weighted by atomic mass is 10.2. The number of hydrogen-bond acceptors (Lipinski definition) is 6. The van der Waals surface area contributed by atoms with E-state index in [9.17, 15) is 0 Å². The molecule has 0 spiro atoms. The average molecular weight is 330 g/mol. The van der Waals surface area contributed by atoms with E-state index in [1.165, 1.54) is 12.8 Å². The second-order valence-corrected chi connectivity index (χ2v) is 5.54. The van der Waals surface area contributed by atoms with Gasteiger partial charge in [0.15, 0.2) is 0 Å². The molecule has 2 rings (SSSR count). The number of hydrogen-bond donors (Lipinski definition) is 2. The van der Waals surface area contributed by atoms with Gasteiger partial charge in [-0.25, -0.2) is 4.98 Å². The summed E-state index contributed by atoms with van der Waals surface area (Å²) in [6.07, 6.45) is 3.51. The van der Waals surface area contributed by atoms with E-state index in [-0.39, 0.29) is 0 Å². The highest BCUT2D eigenvalue weighted by Crippen LogP contribution is 2.31. The summed E-state index contributed by atoms with van der Waals surface area (Å²) in [6.45, 7) is 5.02. The lowest BCUT2D eigenvalue weighted by Gasteiger charge is -2.13. The van der Waals surface area contributed by atoms with Crippen molar-refractivity contribution in [2.24, 2.45) is 0 Å². The summed E-state index contributed by atoms with van der Waals surface area (Å²) in [7, 11) is 3.26. The van der Waals surface area contributed by atoms with Gasteiger partial charge in [-0.05, 0) is 25.5 Å². The van der Waals surface area contributed by atoms with Crippen LogP contribution in [-0.2, 0) is 0 Å². The first kappa shape index (κ1) is 17.8. The third kappa shape index (κ3) is 5.01. The number of nitrogens with zero attached hydrogens (tertiary/aromatic N) is 2. The highest BCUT2D eigenvalue weighted by Gasteiger charge is 2.08. The minimum absolute atomic E-state index is 0.640. The Morgan fingerprint density at radius 2 is 1.88 bits per heavy atom. The second kappa shape index (κ2) is 8.96. The highest BCUT2D eigenvalue weighted by atomic mass is 16.5. The van der Waals surface area contributed by atoms with Gasteiger partial charge in [-0.3, -0.25) is 0 Å². The Hall–Kier alpha value is -2.50. The zero-order chi connectivity index (χ0) is 17.4. The first-order valence-electron chi connectivity index (χ1n) is 8.25. The Kier molecular flexibility index (Phi) is 6.66. The van der Waals surface area contributed by atoms with E-state index in [2.05, 4.69) is 27.5 Å². The largest absolute Gasteiger partial charge is 0.497 e. The molecule has 1 aromatic carbocycles. The summed E-state index contributed by atoms with van der Waals surface area (Å²) >= 11 is 0. The molecule has 6 heteroatoms. The van der Waals surface area contributed by atoms with Gasteiger partial charge >= 0.3 is 0 Å². The van der Waals surface area contributed by atoms with Crippen molar-refractivity contribution in [1.82, 2.24) is 9.97 Å². The Bertz CT molecular complexity index is 661. The predicted octanol–water partition coefficient (Wildman–Crippen LogP) is 4.15. The van der Waals surface area contributed by atoms with E-state index in [4.69, 9.17) is 9.47 Å². The molecule has 0 unspecified atom stereocenters. The van der Waals surface area contributed by atoms with E-state index in [1.54, 1.807) is 14.2 Å². The lowest BCUT2D eigenvalue weighted by molar-refractivity contribution is 0.395. The smallest absolute Gasteiger partial charge is 0.224 e. The summed E-state index contributed by atoms with van der Waals surface area (Å²) < 4.78 is 10.6. The van der Waals surface area contributed by atoms with Gasteiger partial charge in [-0.2, -0.15) is 4.98 Å². The summed E-state index contributed by atoms with van der Waals surface area (Å²) in [6, 6.07) is 7.52. The minimum atomic E-state index is 0.640. The van der Waals surface area contributed by atoms with Crippen molar-refractivity contribution >= 4 is 17.5 Å². The second-order valence-electron chi connectivity index (χ2n) is 5.54. The van der Waals surface area contributed by atoms with Crippen LogP contribution >= 0.6 is 0 Å². The van der Waals surface area contributed by atoms with Crippen LogP contribution in [-0.4, -0.2) is 30.7 Å². The Labute approximate surface area is 143 Å². The van der Waals surface area contributed by atoms with E-state index in [0.717, 1.165) is 35.9 Å². The number of anilines is 3. The minimum Gasteiger partial charge on any atom is -0.497 e. The van der Waals surface area contributed by atoms with E-state index in [0.29, 0.717) is 11.7 Å². The van der Waals surface area contributed by atoms with Crippen LogP contribution in [0.2, 0.25) is 0 Å². The Morgan fingerprint density at radius 1 is 1.04 bits per heavy atom. The van der Waals surface area contributed by atoms with Gasteiger partial charge in [0.2, 0.25) is 5.95 Å². The van der Waals surface area contributed by atoms with Gasteiger partial charge in [0, 0.05) is 24.4 Å². The number of unbranched alkanes of at least 4 members (excludes halogenated alkanes) is 2. The van der Waals surface area contributed by atoms with Gasteiger partial charge in [-0.15, -0.1) is 0 Å². The quantitative estimate of drug-likeness (QED) is 0.673. The fourth-order valence-corrected chi connectivity index (χ4v) is 2.33. The van der Waals surface area contributed by atoms with Crippen LogP contribution in [0.3, 0.4) is 0 Å². The van der Waals surface area contributed by atoms with Crippen molar-refractivity contribution in [3.63, 3.8) is 0 Å². The molecule has 1 heterocycles. The molecule has 2 aromatic rings. The predicted molar refractivity (Wildman–Crippen MR) is 97.6 cm³/mol. The molecule has 0 radical (unpaired) electrons. The van der Waals surface area contributed by atoms with Gasteiger partial charge in [-0.1, -0.05) is 19.8 Å². The fourth-order valence-electron chi connectivity index (χ4n) is 2.33. The normalized spacial score (nSPS) is 10.3. The van der Waals surface area contributed by atoms with Crippen molar-refractivity contribution in [2.45, 2.75) is 33.1 Å². The van der Waals surface area contributed by atoms with Crippen LogP contribution in [0.15, 0.2) is 24.3 Å². The maximum atomic E-state index is 5.41. The fraction of sp³-hybridized carbons (Fsp3) is 0.444. The molecule has 0 bridgehead atoms. The van der Waals surface area contributed by atoms with Gasteiger partial charge in [0.25, 0.3) is 0 Å². The monoisotopic (exact) mass is 330 g/mol. The number of methoxy groups -OCH3 is 2. The summed E-state index contributed by atoms with van der Waals surface area (Å²) in [5.74, 6) is 2.81. The lowest BCUT2D eigenvalue weighted by Crippen LogP contribution is -2.08. The molecule has 0 aliphatic rings. The number of nitrogens with one attached hydrogen (secondary N) is 2. The highest BCUT2D eigenvalue weighted by molar-refractivity contribution is 5.66. The number of rotatable bonds is 9. The third-order valence-corrected chi connectivity index (χ3v) is 3.59. The van der Waals surface area contributed by atoms with Crippen molar-refractivity contribution in [1.29, 1.82) is 0 Å². The molecular formula is C18H26N4O2. The first-order valence-corrected chi connectivity index (χ1v) is 8.25. The molecule has 0 aliphatic carbocycles. The average Bonchev–Trinajstić information content (AvgIpc) is 2.58. The molecule has 0 saturated carbocycles. The third-order valence-electron chi connectivity index (χ3n) is 3.59. The van der Waals surface area contributed by atoms with Crippen molar-refractivity contribution in [2.75, 3.05) is 31.4 Å². The van der Waals surface area contributed by atoms with Crippen LogP contribution < -0.4 is 20.1 Å². The van der Waals surface area contributed by atoms with E-state index in [1.807, 2.05) is 31.2 Å². The molecule has 0 saturated heterocycles. The topological polar surface area (TPSA) is 68.3 Å². The van der Waals surface area contributed by atoms with Gasteiger partial charge in [0.05, 0.1) is 19.9 Å². The molecule has 0 atom stereocenters. The van der Waals surface area contributed by atoms with Crippen LogP contribution in [0.25, 0.3) is 0 Å². The summed E-state index contributed by atoms with van der Waals surface area (Å²) in [5, 5.41) is 6.57. The molecule has 2 N–H and O–H groups in total. The zero-order valence-electron chi connectivity index (χ0n) is 14.8. The maximum absolute atomic E-state index is 5.41. The molecule has 0 aliphatic heterocycles. The van der Waals surface area contributed by atoms with E-state index >= 15 is 0 Å². The molecule has 0 amide bonds. The molecular weight excluding hydrogens is 304 g/mol. The number of aryl methyl sites for hydroxylation is 1. The Morgan fingerprint density at radius 3 is 2.58 bits per heavy atom. The van der Waals surface area contributed by atoms with Crippen LogP contribution in [0.5, 0.6) is 11.5 Å². The zero-order valence-corrected chi connectivity index (χ0v) is 14.8. The number of ether oxygens (including phenoxy) is 2. The maximum Gasteiger partial charge on any atom is 0.224 e. The molecule has 130 valence electrons. The first-order chi connectivity index (χ1) is 11.7. The molecule has 6 nitrogen and oxygen atoms in total. The molecule has 1 aromatic heterocycles. The number of aromatic nitrogens is 2. The van der Waals surface area contributed by atoms with Gasteiger partial charge in [0.1, 0.15) is 17.3 Å². The standard InChI is InChI=1S/C18H26N4O2/c1-5-6-7-10-19-18-20-13(2)11-17(22-18)21-15-9-8-14(23-3)12-16(15)24-4/h8-9,11-12H,5-7,10H2,1-4H3,(H2,19,20,21,22). The van der Waals surface area contributed by atoms with Crippen LogP contribution in [0.1, 0.15) is 31.9 Å². The Balaban J connectivity index is 2.13. The van der Waals surface area contributed by atoms with Crippen molar-refractivity contribution in [3.05, 3.63) is 30.0 Å². The van der Waals surface area contributed by atoms with Gasteiger partial charge < -0.3 is 20.1 Å². The summed E-state index contributed by atoms with van der Waals surface area (Å²) in [5.41, 5.74) is 1.73.